The number of rotatable bonds is 8. The zero-order valence-electron chi connectivity index (χ0n) is 16.6. The van der Waals surface area contributed by atoms with Crippen LogP contribution in [0.1, 0.15) is 10.4 Å². The van der Waals surface area contributed by atoms with Crippen molar-refractivity contribution in [3.63, 3.8) is 0 Å². The van der Waals surface area contributed by atoms with Gasteiger partial charge in [0.1, 0.15) is 6.61 Å². The lowest BCUT2D eigenvalue weighted by molar-refractivity contribution is 0.0486. The molecule has 0 aliphatic carbocycles. The molecule has 0 bridgehead atoms. The minimum absolute atomic E-state index is 0.0893. The van der Waals surface area contributed by atoms with Gasteiger partial charge in [-0.15, -0.1) is 0 Å². The standard InChI is InChI=1S/C20H20ClN3O5S/c1-26-15-10-13(11-16(27-2)17(15)28-3)19(25)29-9-8-24-20(30)22-18(23-24)12-4-6-14(21)7-5-12/h4-7,10-11H,8-9H2,1-3H3,(H,22,23,30). The maximum absolute atomic E-state index is 12.5. The predicted octanol–water partition coefficient (Wildman–Crippen LogP) is 4.14. The van der Waals surface area contributed by atoms with Gasteiger partial charge >= 0.3 is 5.97 Å². The van der Waals surface area contributed by atoms with Gasteiger partial charge in [-0.05, 0) is 48.6 Å². The number of aromatic amines is 1. The van der Waals surface area contributed by atoms with Crippen molar-refractivity contribution in [2.24, 2.45) is 0 Å². The second kappa shape index (κ2) is 9.64. The number of ether oxygens (including phenoxy) is 4. The van der Waals surface area contributed by atoms with E-state index in [0.717, 1.165) is 5.56 Å². The zero-order chi connectivity index (χ0) is 21.7. The molecule has 0 spiro atoms. The Hall–Kier alpha value is -3.04. The number of esters is 1. The summed E-state index contributed by atoms with van der Waals surface area (Å²) in [6.45, 7) is 0.404. The van der Waals surface area contributed by atoms with E-state index in [1.807, 2.05) is 12.1 Å². The van der Waals surface area contributed by atoms with Crippen LogP contribution in [-0.4, -0.2) is 48.7 Å². The highest BCUT2D eigenvalue weighted by molar-refractivity contribution is 7.71. The van der Waals surface area contributed by atoms with Crippen LogP contribution in [0.25, 0.3) is 11.4 Å². The Morgan fingerprint density at radius 2 is 1.73 bits per heavy atom. The van der Waals surface area contributed by atoms with E-state index in [1.165, 1.54) is 33.5 Å². The van der Waals surface area contributed by atoms with Gasteiger partial charge in [0.05, 0.1) is 33.4 Å². The maximum atomic E-state index is 12.5. The highest BCUT2D eigenvalue weighted by atomic mass is 35.5. The topological polar surface area (TPSA) is 87.6 Å². The highest BCUT2D eigenvalue weighted by Crippen LogP contribution is 2.38. The lowest BCUT2D eigenvalue weighted by atomic mass is 10.2. The summed E-state index contributed by atoms with van der Waals surface area (Å²) in [5, 5.41) is 3.73. The van der Waals surface area contributed by atoms with Crippen LogP contribution >= 0.6 is 23.8 Å². The summed E-state index contributed by atoms with van der Waals surface area (Å²) in [7, 11) is 4.44. The molecule has 1 N–H and O–H groups in total. The average Bonchev–Trinajstić information content (AvgIpc) is 3.13. The van der Waals surface area contributed by atoms with Crippen LogP contribution in [0.15, 0.2) is 36.4 Å². The van der Waals surface area contributed by atoms with E-state index in [4.69, 9.17) is 42.8 Å². The Morgan fingerprint density at radius 3 is 2.30 bits per heavy atom. The molecule has 0 saturated carbocycles. The first-order valence-electron chi connectivity index (χ1n) is 8.86. The molecule has 1 heterocycles. The van der Waals surface area contributed by atoms with Crippen molar-refractivity contribution in [2.45, 2.75) is 6.54 Å². The largest absolute Gasteiger partial charge is 0.493 e. The van der Waals surface area contributed by atoms with Crippen molar-refractivity contribution in [1.29, 1.82) is 0 Å². The van der Waals surface area contributed by atoms with E-state index >= 15 is 0 Å². The van der Waals surface area contributed by atoms with Gasteiger partial charge in [-0.2, -0.15) is 4.98 Å². The van der Waals surface area contributed by atoms with Crippen molar-refractivity contribution in [1.82, 2.24) is 14.8 Å². The van der Waals surface area contributed by atoms with Gasteiger partial charge in [0, 0.05) is 10.6 Å². The van der Waals surface area contributed by atoms with E-state index in [9.17, 15) is 4.79 Å². The summed E-state index contributed by atoms with van der Waals surface area (Å²) < 4.78 is 23.1. The maximum Gasteiger partial charge on any atom is 0.338 e. The third-order valence-corrected chi connectivity index (χ3v) is 4.81. The zero-order valence-corrected chi connectivity index (χ0v) is 18.2. The Kier molecular flexibility index (Phi) is 6.96. The first-order valence-corrected chi connectivity index (χ1v) is 9.65. The molecule has 0 aliphatic rings. The molecule has 0 atom stereocenters. The highest BCUT2D eigenvalue weighted by Gasteiger charge is 2.18. The number of hydrogen-bond acceptors (Lipinski definition) is 7. The molecule has 0 aliphatic heterocycles. The molecule has 2 aromatic carbocycles. The van der Waals surface area contributed by atoms with Gasteiger partial charge in [0.25, 0.3) is 0 Å². The van der Waals surface area contributed by atoms with Gasteiger partial charge in [0.2, 0.25) is 10.5 Å². The minimum atomic E-state index is -0.529. The molecule has 0 saturated heterocycles. The number of benzene rings is 2. The van der Waals surface area contributed by atoms with Crippen molar-refractivity contribution in [3.05, 3.63) is 51.8 Å². The third kappa shape index (κ3) is 4.74. The first kappa shape index (κ1) is 21.7. The van der Waals surface area contributed by atoms with Crippen molar-refractivity contribution in [3.8, 4) is 28.6 Å². The van der Waals surface area contributed by atoms with E-state index in [2.05, 4.69) is 10.1 Å². The molecule has 1 aromatic heterocycles. The summed E-state index contributed by atoms with van der Waals surface area (Å²) >= 11 is 11.2. The predicted molar refractivity (Wildman–Crippen MR) is 114 cm³/mol. The Morgan fingerprint density at radius 1 is 1.10 bits per heavy atom. The molecule has 30 heavy (non-hydrogen) atoms. The van der Waals surface area contributed by atoms with E-state index in [0.29, 0.717) is 39.4 Å². The minimum Gasteiger partial charge on any atom is -0.493 e. The average molecular weight is 450 g/mol. The molecule has 0 unspecified atom stereocenters. The summed E-state index contributed by atoms with van der Waals surface area (Å²) in [6.07, 6.45) is 0. The number of halogens is 1. The molecule has 0 fully saturated rings. The van der Waals surface area contributed by atoms with Crippen LogP contribution in [0.5, 0.6) is 17.2 Å². The Bertz CT molecular complexity index is 1070. The molecule has 158 valence electrons. The molecule has 0 radical (unpaired) electrons. The monoisotopic (exact) mass is 449 g/mol. The quantitative estimate of drug-likeness (QED) is 0.408. The number of carbonyl (C=O) groups excluding carboxylic acids is 1. The first-order chi connectivity index (χ1) is 14.5. The van der Waals surface area contributed by atoms with Gasteiger partial charge in [0.15, 0.2) is 17.3 Å². The van der Waals surface area contributed by atoms with Crippen molar-refractivity contribution in [2.75, 3.05) is 27.9 Å². The van der Waals surface area contributed by atoms with E-state index in [-0.39, 0.29) is 12.2 Å². The molecule has 3 aromatic rings. The van der Waals surface area contributed by atoms with Crippen LogP contribution in [-0.2, 0) is 11.3 Å². The summed E-state index contributed by atoms with van der Waals surface area (Å²) in [6, 6.07) is 10.3. The van der Waals surface area contributed by atoms with Crippen LogP contribution in [0.4, 0.5) is 0 Å². The summed E-state index contributed by atoms with van der Waals surface area (Å²) in [5.74, 6) is 1.21. The molecule has 8 nitrogen and oxygen atoms in total. The van der Waals surface area contributed by atoms with Gasteiger partial charge in [-0.25, -0.2) is 4.79 Å². The smallest absolute Gasteiger partial charge is 0.338 e. The van der Waals surface area contributed by atoms with Gasteiger partial charge in [-0.1, -0.05) is 11.6 Å². The van der Waals surface area contributed by atoms with Gasteiger partial charge < -0.3 is 18.9 Å². The molecule has 0 amide bonds. The van der Waals surface area contributed by atoms with E-state index in [1.54, 1.807) is 16.8 Å². The van der Waals surface area contributed by atoms with E-state index < -0.39 is 5.97 Å². The number of hydrogen-bond donors (Lipinski definition) is 1. The fourth-order valence-corrected chi connectivity index (χ4v) is 3.11. The van der Waals surface area contributed by atoms with Crippen LogP contribution in [0.3, 0.4) is 0 Å². The Labute approximate surface area is 183 Å². The second-order valence-electron chi connectivity index (χ2n) is 6.06. The van der Waals surface area contributed by atoms with Crippen molar-refractivity contribution >= 4 is 29.8 Å². The summed E-state index contributed by atoms with van der Waals surface area (Å²) in [4.78, 5) is 16.8. The van der Waals surface area contributed by atoms with Crippen molar-refractivity contribution < 1.29 is 23.7 Å². The number of methoxy groups -OCH3 is 3. The molecule has 3 rings (SSSR count). The number of H-pyrrole nitrogens is 1. The normalized spacial score (nSPS) is 10.5. The Balaban J connectivity index is 1.68. The number of carbonyl (C=O) groups is 1. The lowest BCUT2D eigenvalue weighted by Crippen LogP contribution is -2.13. The van der Waals surface area contributed by atoms with Crippen LogP contribution in [0, 0.1) is 4.77 Å². The number of nitrogens with zero attached hydrogens (tertiary/aromatic N) is 2. The lowest BCUT2D eigenvalue weighted by Gasteiger charge is -2.13. The number of aromatic nitrogens is 3. The third-order valence-electron chi connectivity index (χ3n) is 4.25. The van der Waals surface area contributed by atoms with Crippen LogP contribution in [0.2, 0.25) is 5.02 Å². The molecular formula is C20H20ClN3O5S. The molecule has 10 heteroatoms. The summed E-state index contributed by atoms with van der Waals surface area (Å²) in [5.41, 5.74) is 1.12. The number of nitrogens with one attached hydrogen (secondary N) is 1. The fraction of sp³-hybridized carbons (Fsp3) is 0.250. The fourth-order valence-electron chi connectivity index (χ4n) is 2.76. The van der Waals surface area contributed by atoms with Crippen LogP contribution < -0.4 is 14.2 Å². The SMILES string of the molecule is COc1cc(C(=O)OCCn2[nH]c(-c3ccc(Cl)cc3)nc2=S)cc(OC)c1OC. The second-order valence-corrected chi connectivity index (χ2v) is 6.86. The molecular weight excluding hydrogens is 430 g/mol. The van der Waals surface area contributed by atoms with Gasteiger partial charge in [-0.3, -0.25) is 9.78 Å².